The largest absolute Gasteiger partial charge is 0.392 e. The van der Waals surface area contributed by atoms with Gasteiger partial charge in [-0.2, -0.15) is 0 Å². The minimum Gasteiger partial charge on any atom is -0.392 e. The van der Waals surface area contributed by atoms with Crippen LogP contribution in [0, 0.1) is 0 Å². The van der Waals surface area contributed by atoms with E-state index in [1.807, 2.05) is 80.0 Å². The number of nitrogens with zero attached hydrogens (tertiary/aromatic N) is 2. The Labute approximate surface area is 209 Å². The van der Waals surface area contributed by atoms with E-state index in [1.54, 1.807) is 0 Å². The first-order chi connectivity index (χ1) is 17.6. The summed E-state index contributed by atoms with van der Waals surface area (Å²) in [6, 6.07) is 23.1. The van der Waals surface area contributed by atoms with Gasteiger partial charge in [0, 0.05) is 24.2 Å². The number of hydrogen-bond acceptors (Lipinski definition) is 5. The summed E-state index contributed by atoms with van der Waals surface area (Å²) < 4.78 is 15.0. The van der Waals surface area contributed by atoms with Crippen molar-refractivity contribution in [3.8, 4) is 0 Å². The number of ether oxygens (including phenoxy) is 2. The lowest BCUT2D eigenvalue weighted by molar-refractivity contribution is -0.252. The maximum atomic E-state index is 12.0. The van der Waals surface area contributed by atoms with Crippen molar-refractivity contribution in [3.63, 3.8) is 0 Å². The second-order valence-corrected chi connectivity index (χ2v) is 8.85. The molecule has 0 radical (unpaired) electrons. The second-order valence-electron chi connectivity index (χ2n) is 8.85. The molecule has 3 aromatic carbocycles. The van der Waals surface area contributed by atoms with Crippen molar-refractivity contribution in [1.29, 1.82) is 0 Å². The Hall–Kier alpha value is -3.72. The maximum absolute atomic E-state index is 12.0. The monoisotopic (exact) mass is 486 g/mol. The Morgan fingerprint density at radius 3 is 2.69 bits per heavy atom. The highest BCUT2D eigenvalue weighted by Gasteiger charge is 2.32. The fraction of sp³-hybridized carbons (Fsp3) is 0.286. The smallest absolute Gasteiger partial charge is 0.319 e. The Morgan fingerprint density at radius 2 is 1.89 bits per heavy atom. The molecule has 3 N–H and O–H groups in total. The topological polar surface area (TPSA) is 97.6 Å². The van der Waals surface area contributed by atoms with Gasteiger partial charge in [0.1, 0.15) is 0 Å². The summed E-state index contributed by atoms with van der Waals surface area (Å²) in [5.41, 5.74) is 5.37. The van der Waals surface area contributed by atoms with E-state index in [4.69, 9.17) is 9.47 Å². The molecule has 5 rings (SSSR count). The zero-order valence-electron chi connectivity index (χ0n) is 20.1. The molecule has 8 nitrogen and oxygen atoms in total. The molecule has 1 aliphatic heterocycles. The quantitative estimate of drug-likeness (QED) is 0.345. The lowest BCUT2D eigenvalue weighted by Gasteiger charge is -2.36. The van der Waals surface area contributed by atoms with Gasteiger partial charge in [-0.3, -0.25) is 0 Å². The van der Waals surface area contributed by atoms with Crippen LogP contribution < -0.4 is 10.6 Å². The van der Waals surface area contributed by atoms with Crippen LogP contribution in [0.3, 0.4) is 0 Å². The predicted molar refractivity (Wildman–Crippen MR) is 137 cm³/mol. The number of carbonyl (C=O) groups is 1. The van der Waals surface area contributed by atoms with E-state index in [2.05, 4.69) is 26.3 Å². The summed E-state index contributed by atoms with van der Waals surface area (Å²) in [7, 11) is 0. The molecule has 3 atom stereocenters. The first-order valence-electron chi connectivity index (χ1n) is 12.2. The SMILES string of the molecule is CCNC(=O)Nc1cccc([C@@H]2O[C@H](Cn3cnc4ccccc43)C[C@H](c3ccc(CO)cc3)O2)c1. The number of imidazole rings is 1. The Bertz CT molecular complexity index is 1320. The Morgan fingerprint density at radius 1 is 1.06 bits per heavy atom. The summed E-state index contributed by atoms with van der Waals surface area (Å²) >= 11 is 0. The molecule has 186 valence electrons. The van der Waals surface area contributed by atoms with Crippen molar-refractivity contribution in [2.45, 2.75) is 45.0 Å². The summed E-state index contributed by atoms with van der Waals surface area (Å²) in [6.07, 6.45) is 1.57. The van der Waals surface area contributed by atoms with Gasteiger partial charge in [0.15, 0.2) is 6.29 Å². The molecule has 2 heterocycles. The molecule has 0 saturated carbocycles. The standard InChI is InChI=1S/C28H30N4O4/c1-2-29-28(34)31-22-7-5-6-21(14-22)27-35-23(16-32-18-30-24-8-3-4-9-25(24)32)15-26(36-27)20-12-10-19(17-33)11-13-20/h3-14,18,23,26-27,33H,2,15-17H2,1H3,(H2,29,31,34)/t23-,26+,27+/m0/s1. The van der Waals surface area contributed by atoms with Gasteiger partial charge in [0.2, 0.25) is 0 Å². The first kappa shape index (κ1) is 24.0. The number of urea groups is 1. The molecule has 0 unspecified atom stereocenters. The summed E-state index contributed by atoms with van der Waals surface area (Å²) in [6.45, 7) is 3.04. The zero-order chi connectivity index (χ0) is 24.9. The highest BCUT2D eigenvalue weighted by molar-refractivity contribution is 5.89. The number of amides is 2. The molecule has 1 aromatic heterocycles. The molecule has 1 aliphatic rings. The van der Waals surface area contributed by atoms with Crippen LogP contribution >= 0.6 is 0 Å². The third kappa shape index (κ3) is 5.41. The molecule has 0 spiro atoms. The van der Waals surface area contributed by atoms with Gasteiger partial charge >= 0.3 is 6.03 Å². The number of carbonyl (C=O) groups excluding carboxylic acids is 1. The summed E-state index contributed by atoms with van der Waals surface area (Å²) in [5, 5.41) is 15.0. The second kappa shape index (κ2) is 10.9. The lowest BCUT2D eigenvalue weighted by atomic mass is 10.00. The van der Waals surface area contributed by atoms with Crippen LogP contribution in [0.2, 0.25) is 0 Å². The average molecular weight is 487 g/mol. The number of anilines is 1. The van der Waals surface area contributed by atoms with Crippen molar-refractivity contribution < 1.29 is 19.4 Å². The molecule has 36 heavy (non-hydrogen) atoms. The molecular weight excluding hydrogens is 456 g/mol. The summed E-state index contributed by atoms with van der Waals surface area (Å²) in [4.78, 5) is 16.5. The van der Waals surface area contributed by atoms with Gasteiger partial charge in [0.05, 0.1) is 42.7 Å². The van der Waals surface area contributed by atoms with Gasteiger partial charge in [0.25, 0.3) is 0 Å². The highest BCUT2D eigenvalue weighted by Crippen LogP contribution is 2.39. The fourth-order valence-electron chi connectivity index (χ4n) is 4.51. The van der Waals surface area contributed by atoms with Gasteiger partial charge in [-0.1, -0.05) is 48.5 Å². The molecule has 2 amide bonds. The molecule has 0 bridgehead atoms. The van der Waals surface area contributed by atoms with Crippen LogP contribution in [0.5, 0.6) is 0 Å². The maximum Gasteiger partial charge on any atom is 0.319 e. The Balaban J connectivity index is 1.41. The number of benzene rings is 3. The van der Waals surface area contributed by atoms with E-state index in [1.165, 1.54) is 0 Å². The van der Waals surface area contributed by atoms with Crippen molar-refractivity contribution in [1.82, 2.24) is 14.9 Å². The highest BCUT2D eigenvalue weighted by atomic mass is 16.7. The minimum atomic E-state index is -0.614. The predicted octanol–water partition coefficient (Wildman–Crippen LogP) is 4.92. The number of aromatic nitrogens is 2. The number of hydrogen-bond donors (Lipinski definition) is 3. The zero-order valence-corrected chi connectivity index (χ0v) is 20.1. The van der Waals surface area contributed by atoms with Crippen molar-refractivity contribution in [2.24, 2.45) is 0 Å². The molecule has 1 fully saturated rings. The van der Waals surface area contributed by atoms with Gasteiger partial charge in [-0.25, -0.2) is 9.78 Å². The molecule has 8 heteroatoms. The van der Waals surface area contributed by atoms with Crippen LogP contribution in [0.1, 0.15) is 42.4 Å². The number of fused-ring (bicyclic) bond motifs is 1. The lowest BCUT2D eigenvalue weighted by Crippen LogP contribution is -2.32. The molecule has 0 aliphatic carbocycles. The molecule has 1 saturated heterocycles. The number of nitrogens with one attached hydrogen (secondary N) is 2. The van der Waals surface area contributed by atoms with Gasteiger partial charge < -0.3 is 29.8 Å². The number of aliphatic hydroxyl groups excluding tert-OH is 1. The molecular formula is C28H30N4O4. The number of para-hydroxylation sites is 2. The van der Waals surface area contributed by atoms with Crippen LogP contribution in [0.25, 0.3) is 11.0 Å². The number of aliphatic hydroxyl groups is 1. The average Bonchev–Trinajstić information content (AvgIpc) is 3.31. The van der Waals surface area contributed by atoms with Gasteiger partial charge in [-0.15, -0.1) is 0 Å². The van der Waals surface area contributed by atoms with Crippen LogP contribution in [-0.4, -0.2) is 33.3 Å². The Kier molecular flexibility index (Phi) is 7.27. The molecule has 4 aromatic rings. The van der Waals surface area contributed by atoms with Crippen molar-refractivity contribution in [2.75, 3.05) is 11.9 Å². The normalized spacial score (nSPS) is 19.8. The van der Waals surface area contributed by atoms with E-state index in [-0.39, 0.29) is 24.8 Å². The van der Waals surface area contributed by atoms with E-state index in [0.29, 0.717) is 25.2 Å². The summed E-state index contributed by atoms with van der Waals surface area (Å²) in [5.74, 6) is 0. The van der Waals surface area contributed by atoms with E-state index < -0.39 is 6.29 Å². The van der Waals surface area contributed by atoms with Crippen LogP contribution in [0.4, 0.5) is 10.5 Å². The number of rotatable bonds is 7. The first-order valence-corrected chi connectivity index (χ1v) is 12.2. The third-order valence-electron chi connectivity index (χ3n) is 6.30. The fourth-order valence-corrected chi connectivity index (χ4v) is 4.51. The minimum absolute atomic E-state index is 0.000725. The van der Waals surface area contributed by atoms with Crippen LogP contribution in [0.15, 0.2) is 79.1 Å². The van der Waals surface area contributed by atoms with Crippen molar-refractivity contribution in [3.05, 3.63) is 95.8 Å². The van der Waals surface area contributed by atoms with Gasteiger partial charge in [-0.05, 0) is 42.3 Å². The van der Waals surface area contributed by atoms with E-state index in [9.17, 15) is 9.90 Å². The third-order valence-corrected chi connectivity index (χ3v) is 6.30. The van der Waals surface area contributed by atoms with Crippen LogP contribution in [-0.2, 0) is 22.6 Å². The van der Waals surface area contributed by atoms with E-state index >= 15 is 0 Å². The van der Waals surface area contributed by atoms with Crippen molar-refractivity contribution >= 4 is 22.8 Å². The van der Waals surface area contributed by atoms with E-state index in [0.717, 1.165) is 27.7 Å².